The number of carbonyl (C=O) groups is 1. The number of nitrogens with zero attached hydrogens (tertiary/aromatic N) is 2. The van der Waals surface area contributed by atoms with E-state index in [1.165, 1.54) is 0 Å². The summed E-state index contributed by atoms with van der Waals surface area (Å²) in [6.45, 7) is 3.48. The number of rotatable bonds is 5. The fourth-order valence-electron chi connectivity index (χ4n) is 3.20. The summed E-state index contributed by atoms with van der Waals surface area (Å²) in [6, 6.07) is 5.98. The minimum Gasteiger partial charge on any atom is -0.381 e. The average Bonchev–Trinajstić information content (AvgIpc) is 2.56. The molecule has 23 heavy (non-hydrogen) atoms. The van der Waals surface area contributed by atoms with Crippen molar-refractivity contribution < 1.29 is 9.53 Å². The molecule has 0 bridgehead atoms. The molecule has 1 atom stereocenters. The van der Waals surface area contributed by atoms with Crippen LogP contribution >= 0.6 is 0 Å². The van der Waals surface area contributed by atoms with Gasteiger partial charge < -0.3 is 15.8 Å². The van der Waals surface area contributed by atoms with Gasteiger partial charge in [-0.1, -0.05) is 12.1 Å². The third kappa shape index (κ3) is 3.59. The van der Waals surface area contributed by atoms with Crippen LogP contribution in [0.2, 0.25) is 0 Å². The summed E-state index contributed by atoms with van der Waals surface area (Å²) >= 11 is 0. The van der Waals surface area contributed by atoms with E-state index < -0.39 is 0 Å². The molecule has 122 valence electrons. The number of anilines is 1. The predicted octanol–water partition coefficient (Wildman–Crippen LogP) is 2.02. The van der Waals surface area contributed by atoms with Crippen LogP contribution < -0.4 is 11.1 Å². The molecule has 0 radical (unpaired) electrons. The van der Waals surface area contributed by atoms with Crippen LogP contribution in [0.5, 0.6) is 0 Å². The van der Waals surface area contributed by atoms with Gasteiger partial charge in [-0.3, -0.25) is 4.79 Å². The van der Waals surface area contributed by atoms with Gasteiger partial charge in [0.1, 0.15) is 12.1 Å². The highest BCUT2D eigenvalue weighted by Crippen LogP contribution is 2.27. The van der Waals surface area contributed by atoms with Gasteiger partial charge in [0.15, 0.2) is 0 Å². The van der Waals surface area contributed by atoms with Crippen molar-refractivity contribution in [2.24, 2.45) is 11.7 Å². The highest BCUT2D eigenvalue weighted by molar-refractivity contribution is 5.91. The smallest absolute Gasteiger partial charge is 0.219 e. The highest BCUT2D eigenvalue weighted by Gasteiger charge is 2.26. The Balaban J connectivity index is 1.90. The SMILES string of the molecule is Cc1cccc2c(NC(CC(N)=O)C3CCOCC3)ncnc12. The van der Waals surface area contributed by atoms with Gasteiger partial charge >= 0.3 is 0 Å². The number of nitrogens with two attached hydrogens (primary N) is 1. The van der Waals surface area contributed by atoms with E-state index in [1.807, 2.05) is 25.1 Å². The maximum atomic E-state index is 11.5. The van der Waals surface area contributed by atoms with Gasteiger partial charge in [-0.25, -0.2) is 9.97 Å². The molecule has 6 nitrogen and oxygen atoms in total. The molecule has 1 unspecified atom stereocenters. The van der Waals surface area contributed by atoms with Crippen LogP contribution in [0.15, 0.2) is 24.5 Å². The molecule has 1 aromatic heterocycles. The van der Waals surface area contributed by atoms with Crippen LogP contribution in [-0.4, -0.2) is 35.1 Å². The van der Waals surface area contributed by atoms with Crippen LogP contribution in [0.3, 0.4) is 0 Å². The van der Waals surface area contributed by atoms with Crippen molar-refractivity contribution >= 4 is 22.6 Å². The Morgan fingerprint density at radius 1 is 1.39 bits per heavy atom. The monoisotopic (exact) mass is 314 g/mol. The fraction of sp³-hybridized carbons (Fsp3) is 0.471. The molecule has 1 fully saturated rings. The van der Waals surface area contributed by atoms with E-state index in [0.29, 0.717) is 12.3 Å². The van der Waals surface area contributed by atoms with Crippen molar-refractivity contribution in [3.63, 3.8) is 0 Å². The second kappa shape index (κ2) is 6.91. The maximum absolute atomic E-state index is 11.5. The second-order valence-electron chi connectivity index (χ2n) is 6.06. The number of fused-ring (bicyclic) bond motifs is 1. The number of ether oxygens (including phenoxy) is 1. The molecule has 2 heterocycles. The van der Waals surface area contributed by atoms with Gasteiger partial charge in [0.25, 0.3) is 0 Å². The molecule has 0 aliphatic carbocycles. The van der Waals surface area contributed by atoms with Crippen LogP contribution in [0.25, 0.3) is 10.9 Å². The van der Waals surface area contributed by atoms with Crippen LogP contribution in [0, 0.1) is 12.8 Å². The summed E-state index contributed by atoms with van der Waals surface area (Å²) in [6.07, 6.45) is 3.70. The minimum atomic E-state index is -0.302. The van der Waals surface area contributed by atoms with E-state index in [-0.39, 0.29) is 11.9 Å². The lowest BCUT2D eigenvalue weighted by molar-refractivity contribution is -0.118. The van der Waals surface area contributed by atoms with Gasteiger partial charge in [-0.2, -0.15) is 0 Å². The summed E-state index contributed by atoms with van der Waals surface area (Å²) in [7, 11) is 0. The number of primary amides is 1. The van der Waals surface area contributed by atoms with Crippen molar-refractivity contribution in [1.82, 2.24) is 9.97 Å². The highest BCUT2D eigenvalue weighted by atomic mass is 16.5. The molecule has 0 saturated carbocycles. The van der Waals surface area contributed by atoms with Crippen molar-refractivity contribution in [3.05, 3.63) is 30.1 Å². The van der Waals surface area contributed by atoms with Crippen LogP contribution in [-0.2, 0) is 9.53 Å². The Kier molecular flexibility index (Phi) is 4.71. The first-order chi connectivity index (χ1) is 11.1. The average molecular weight is 314 g/mol. The van der Waals surface area contributed by atoms with Crippen molar-refractivity contribution in [2.75, 3.05) is 18.5 Å². The van der Waals surface area contributed by atoms with Crippen LogP contribution in [0.1, 0.15) is 24.8 Å². The lowest BCUT2D eigenvalue weighted by atomic mass is 9.89. The first kappa shape index (κ1) is 15.7. The van der Waals surface area contributed by atoms with Gasteiger partial charge in [-0.05, 0) is 37.3 Å². The van der Waals surface area contributed by atoms with E-state index in [0.717, 1.165) is 48.3 Å². The quantitative estimate of drug-likeness (QED) is 0.881. The number of para-hydroxylation sites is 1. The number of hydrogen-bond donors (Lipinski definition) is 2. The van der Waals surface area contributed by atoms with Gasteiger partial charge in [0.05, 0.1) is 5.52 Å². The molecule has 6 heteroatoms. The number of aryl methyl sites for hydroxylation is 1. The number of nitrogens with one attached hydrogen (secondary N) is 1. The summed E-state index contributed by atoms with van der Waals surface area (Å²) in [5, 5.41) is 4.41. The zero-order valence-corrected chi connectivity index (χ0v) is 13.3. The zero-order chi connectivity index (χ0) is 16.2. The Bertz CT molecular complexity index is 698. The predicted molar refractivity (Wildman–Crippen MR) is 89.0 cm³/mol. The topological polar surface area (TPSA) is 90.1 Å². The van der Waals surface area contributed by atoms with E-state index in [2.05, 4.69) is 15.3 Å². The third-order valence-electron chi connectivity index (χ3n) is 4.44. The molecule has 0 spiro atoms. The number of aromatic nitrogens is 2. The number of benzene rings is 1. The van der Waals surface area contributed by atoms with Crippen LogP contribution in [0.4, 0.5) is 5.82 Å². The van der Waals surface area contributed by atoms with Crippen molar-refractivity contribution in [1.29, 1.82) is 0 Å². The van der Waals surface area contributed by atoms with Crippen molar-refractivity contribution in [3.8, 4) is 0 Å². The molecule has 1 aromatic carbocycles. The Labute approximate surface area is 135 Å². The molecule has 1 aliphatic heterocycles. The summed E-state index contributed by atoms with van der Waals surface area (Å²) in [5.74, 6) is 0.811. The minimum absolute atomic E-state index is 0.0324. The lowest BCUT2D eigenvalue weighted by Crippen LogP contribution is -2.37. The molecule has 3 N–H and O–H groups in total. The standard InChI is InChI=1S/C17H22N4O2/c1-11-3-2-4-13-16(11)19-10-20-17(13)21-14(9-15(18)22)12-5-7-23-8-6-12/h2-4,10,12,14H,5-9H2,1H3,(H2,18,22)(H,19,20,21). The Morgan fingerprint density at radius 3 is 2.91 bits per heavy atom. The molecule has 1 saturated heterocycles. The van der Waals surface area contributed by atoms with E-state index >= 15 is 0 Å². The molecular weight excluding hydrogens is 292 g/mol. The largest absolute Gasteiger partial charge is 0.381 e. The normalized spacial score (nSPS) is 17.1. The third-order valence-corrected chi connectivity index (χ3v) is 4.44. The first-order valence-corrected chi connectivity index (χ1v) is 7.98. The van der Waals surface area contributed by atoms with E-state index in [9.17, 15) is 4.79 Å². The van der Waals surface area contributed by atoms with Crippen molar-refractivity contribution in [2.45, 2.75) is 32.2 Å². The molecule has 3 rings (SSSR count). The lowest BCUT2D eigenvalue weighted by Gasteiger charge is -2.31. The van der Waals surface area contributed by atoms with Gasteiger partial charge in [-0.15, -0.1) is 0 Å². The molecule has 1 amide bonds. The summed E-state index contributed by atoms with van der Waals surface area (Å²) in [5.41, 5.74) is 7.48. The Morgan fingerprint density at radius 2 is 2.17 bits per heavy atom. The molecule has 1 aliphatic rings. The number of amides is 1. The van der Waals surface area contributed by atoms with Gasteiger partial charge in [0, 0.05) is 31.1 Å². The van der Waals surface area contributed by atoms with Gasteiger partial charge in [0.2, 0.25) is 5.91 Å². The van der Waals surface area contributed by atoms with E-state index in [4.69, 9.17) is 10.5 Å². The summed E-state index contributed by atoms with van der Waals surface area (Å²) in [4.78, 5) is 20.2. The zero-order valence-electron chi connectivity index (χ0n) is 13.3. The van der Waals surface area contributed by atoms with E-state index in [1.54, 1.807) is 6.33 Å². The Hall–Kier alpha value is -2.21. The number of hydrogen-bond acceptors (Lipinski definition) is 5. The fourth-order valence-corrected chi connectivity index (χ4v) is 3.20. The summed E-state index contributed by atoms with van der Waals surface area (Å²) < 4.78 is 5.42. The first-order valence-electron chi connectivity index (χ1n) is 7.98. The maximum Gasteiger partial charge on any atom is 0.219 e. The second-order valence-corrected chi connectivity index (χ2v) is 6.06. The molecular formula is C17H22N4O2. The number of carbonyl (C=O) groups excluding carboxylic acids is 1. The molecule has 2 aromatic rings.